The summed E-state index contributed by atoms with van der Waals surface area (Å²) < 4.78 is 23.0. The molecule has 0 fully saturated rings. The Bertz CT molecular complexity index is 559. The summed E-state index contributed by atoms with van der Waals surface area (Å²) in [6, 6.07) is 9.53. The highest BCUT2D eigenvalue weighted by Gasteiger charge is 2.10. The number of benzene rings is 2. The maximum Gasteiger partial charge on any atom is 0.200 e. The van der Waals surface area contributed by atoms with Crippen LogP contribution >= 0.6 is 0 Å². The first-order chi connectivity index (χ1) is 9.63. The third-order valence-electron chi connectivity index (χ3n) is 2.88. The number of rotatable bonds is 5. The first kappa shape index (κ1) is 14.0. The van der Waals surface area contributed by atoms with Gasteiger partial charge in [0.2, 0.25) is 5.75 Å². The standard InChI is InChI=1S/C15H16FNO3/c1-19-13-7-10(8-14(20-2)15(13)18)9-17-12-5-3-11(16)4-6-12/h3-8,17-18H,9H2,1-2H3. The van der Waals surface area contributed by atoms with Crippen LogP contribution in [0.3, 0.4) is 0 Å². The van der Waals surface area contributed by atoms with Gasteiger partial charge in [0.05, 0.1) is 14.2 Å². The lowest BCUT2D eigenvalue weighted by Crippen LogP contribution is -2.01. The van der Waals surface area contributed by atoms with Crippen molar-refractivity contribution >= 4 is 5.69 Å². The molecule has 0 spiro atoms. The first-order valence-corrected chi connectivity index (χ1v) is 6.07. The van der Waals surface area contributed by atoms with E-state index in [-0.39, 0.29) is 11.6 Å². The zero-order valence-electron chi connectivity index (χ0n) is 11.3. The van der Waals surface area contributed by atoms with Crippen LogP contribution in [0, 0.1) is 5.82 Å². The van der Waals surface area contributed by atoms with E-state index >= 15 is 0 Å². The Morgan fingerprint density at radius 3 is 2.10 bits per heavy atom. The van der Waals surface area contributed by atoms with Crippen LogP contribution in [0.4, 0.5) is 10.1 Å². The van der Waals surface area contributed by atoms with Crippen LogP contribution < -0.4 is 14.8 Å². The fraction of sp³-hybridized carbons (Fsp3) is 0.200. The normalized spacial score (nSPS) is 10.2. The third kappa shape index (κ3) is 3.12. The first-order valence-electron chi connectivity index (χ1n) is 6.07. The van der Waals surface area contributed by atoms with E-state index in [4.69, 9.17) is 9.47 Å². The molecular weight excluding hydrogens is 261 g/mol. The lowest BCUT2D eigenvalue weighted by molar-refractivity contribution is 0.339. The van der Waals surface area contributed by atoms with Gasteiger partial charge in [-0.3, -0.25) is 0 Å². The van der Waals surface area contributed by atoms with Crippen molar-refractivity contribution in [3.05, 3.63) is 47.8 Å². The molecule has 0 radical (unpaired) electrons. The number of hydrogen-bond donors (Lipinski definition) is 2. The molecule has 2 N–H and O–H groups in total. The summed E-state index contributed by atoms with van der Waals surface area (Å²) >= 11 is 0. The summed E-state index contributed by atoms with van der Waals surface area (Å²) in [5.74, 6) is 0.393. The van der Waals surface area contributed by atoms with Crippen LogP contribution in [-0.2, 0) is 6.54 Å². The second kappa shape index (κ2) is 6.14. The molecule has 0 bridgehead atoms. The number of phenolic OH excluding ortho intramolecular Hbond substituents is 1. The van der Waals surface area contributed by atoms with Crippen LogP contribution in [0.5, 0.6) is 17.2 Å². The van der Waals surface area contributed by atoms with Gasteiger partial charge in [-0.25, -0.2) is 4.39 Å². The highest BCUT2D eigenvalue weighted by atomic mass is 19.1. The second-order valence-corrected chi connectivity index (χ2v) is 4.21. The predicted octanol–water partition coefficient (Wildman–Crippen LogP) is 3.16. The van der Waals surface area contributed by atoms with E-state index in [1.54, 1.807) is 24.3 Å². The molecule has 0 unspecified atom stereocenters. The van der Waals surface area contributed by atoms with Crippen LogP contribution in [0.25, 0.3) is 0 Å². The molecule has 20 heavy (non-hydrogen) atoms. The molecule has 0 saturated heterocycles. The number of halogens is 1. The molecule has 0 atom stereocenters. The molecule has 0 aliphatic carbocycles. The van der Waals surface area contributed by atoms with E-state index in [9.17, 15) is 9.50 Å². The largest absolute Gasteiger partial charge is 0.502 e. The molecule has 0 heterocycles. The molecule has 106 valence electrons. The van der Waals surface area contributed by atoms with Gasteiger partial charge in [-0.1, -0.05) is 0 Å². The Morgan fingerprint density at radius 1 is 1.05 bits per heavy atom. The van der Waals surface area contributed by atoms with Crippen molar-refractivity contribution in [2.75, 3.05) is 19.5 Å². The smallest absolute Gasteiger partial charge is 0.200 e. The van der Waals surface area contributed by atoms with Gasteiger partial charge in [-0.2, -0.15) is 0 Å². The average Bonchev–Trinajstić information content (AvgIpc) is 2.47. The van der Waals surface area contributed by atoms with Crippen molar-refractivity contribution in [3.8, 4) is 17.2 Å². The molecule has 2 rings (SSSR count). The minimum Gasteiger partial charge on any atom is -0.502 e. The summed E-state index contributed by atoms with van der Waals surface area (Å²) in [5, 5.41) is 13.0. The highest BCUT2D eigenvalue weighted by molar-refractivity contribution is 5.53. The molecule has 0 aliphatic heterocycles. The number of methoxy groups -OCH3 is 2. The SMILES string of the molecule is COc1cc(CNc2ccc(F)cc2)cc(OC)c1O. The molecule has 0 aromatic heterocycles. The van der Waals surface area contributed by atoms with Crippen molar-refractivity contribution in [2.24, 2.45) is 0 Å². The number of hydrogen-bond acceptors (Lipinski definition) is 4. The van der Waals surface area contributed by atoms with Crippen molar-refractivity contribution in [1.29, 1.82) is 0 Å². The topological polar surface area (TPSA) is 50.7 Å². The molecule has 0 amide bonds. The number of anilines is 1. The molecule has 4 nitrogen and oxygen atoms in total. The lowest BCUT2D eigenvalue weighted by Gasteiger charge is -2.12. The van der Waals surface area contributed by atoms with E-state index in [2.05, 4.69) is 5.32 Å². The maximum absolute atomic E-state index is 12.8. The van der Waals surface area contributed by atoms with Crippen LogP contribution in [0.15, 0.2) is 36.4 Å². The second-order valence-electron chi connectivity index (χ2n) is 4.21. The minimum absolute atomic E-state index is 0.0273. The van der Waals surface area contributed by atoms with Gasteiger partial charge in [0.1, 0.15) is 5.82 Å². The third-order valence-corrected chi connectivity index (χ3v) is 2.88. The van der Waals surface area contributed by atoms with Crippen molar-refractivity contribution < 1.29 is 19.0 Å². The predicted molar refractivity (Wildman–Crippen MR) is 74.9 cm³/mol. The van der Waals surface area contributed by atoms with Gasteiger partial charge in [0, 0.05) is 12.2 Å². The molecule has 0 saturated carbocycles. The zero-order chi connectivity index (χ0) is 14.5. The van der Waals surface area contributed by atoms with Gasteiger partial charge >= 0.3 is 0 Å². The Kier molecular flexibility index (Phi) is 4.30. The lowest BCUT2D eigenvalue weighted by atomic mass is 10.1. The number of nitrogens with one attached hydrogen (secondary N) is 1. The average molecular weight is 277 g/mol. The highest BCUT2D eigenvalue weighted by Crippen LogP contribution is 2.37. The van der Waals surface area contributed by atoms with Crippen molar-refractivity contribution in [1.82, 2.24) is 0 Å². The molecule has 0 aliphatic rings. The number of aromatic hydroxyl groups is 1. The fourth-order valence-corrected chi connectivity index (χ4v) is 1.82. The van der Waals surface area contributed by atoms with Crippen LogP contribution in [0.1, 0.15) is 5.56 Å². The fourth-order valence-electron chi connectivity index (χ4n) is 1.82. The van der Waals surface area contributed by atoms with E-state index < -0.39 is 0 Å². The summed E-state index contributed by atoms with van der Waals surface area (Å²) in [5.41, 5.74) is 1.68. The molecular formula is C15H16FNO3. The van der Waals surface area contributed by atoms with Crippen molar-refractivity contribution in [2.45, 2.75) is 6.54 Å². The quantitative estimate of drug-likeness (QED) is 0.881. The van der Waals surface area contributed by atoms with Gasteiger partial charge in [-0.05, 0) is 42.0 Å². The maximum atomic E-state index is 12.8. The van der Waals surface area contributed by atoms with Gasteiger partial charge in [0.25, 0.3) is 0 Å². The summed E-state index contributed by atoms with van der Waals surface area (Å²) in [6.45, 7) is 0.499. The van der Waals surface area contributed by atoms with E-state index in [1.807, 2.05) is 0 Å². The van der Waals surface area contributed by atoms with Gasteiger partial charge in [-0.15, -0.1) is 0 Å². The Labute approximate surface area is 116 Å². The number of ether oxygens (including phenoxy) is 2. The van der Waals surface area contributed by atoms with Crippen LogP contribution in [-0.4, -0.2) is 19.3 Å². The zero-order valence-corrected chi connectivity index (χ0v) is 11.3. The molecule has 2 aromatic rings. The molecule has 5 heteroatoms. The minimum atomic E-state index is -0.275. The summed E-state index contributed by atoms with van der Waals surface area (Å²) in [7, 11) is 2.96. The summed E-state index contributed by atoms with van der Waals surface area (Å²) in [4.78, 5) is 0. The molecule has 2 aromatic carbocycles. The Hall–Kier alpha value is -2.43. The van der Waals surface area contributed by atoms with E-state index in [1.165, 1.54) is 26.4 Å². The van der Waals surface area contributed by atoms with E-state index in [0.717, 1.165) is 11.3 Å². The number of phenols is 1. The Morgan fingerprint density at radius 2 is 1.60 bits per heavy atom. The van der Waals surface area contributed by atoms with Crippen LogP contribution in [0.2, 0.25) is 0 Å². The van der Waals surface area contributed by atoms with Gasteiger partial charge in [0.15, 0.2) is 11.5 Å². The summed E-state index contributed by atoms with van der Waals surface area (Å²) in [6.07, 6.45) is 0. The Balaban J connectivity index is 2.14. The monoisotopic (exact) mass is 277 g/mol. The van der Waals surface area contributed by atoms with Crippen molar-refractivity contribution in [3.63, 3.8) is 0 Å². The van der Waals surface area contributed by atoms with E-state index in [0.29, 0.717) is 18.0 Å². The van der Waals surface area contributed by atoms with Gasteiger partial charge < -0.3 is 19.9 Å².